The van der Waals surface area contributed by atoms with Gasteiger partial charge in [-0.1, -0.05) is 30.3 Å². The lowest BCUT2D eigenvalue weighted by Gasteiger charge is -2.33. The molecule has 0 spiro atoms. The number of aliphatic hydroxyl groups is 1. The maximum atomic E-state index is 13.7. The van der Waals surface area contributed by atoms with E-state index in [1.165, 1.54) is 22.9 Å². The normalized spacial score (nSPS) is 17.4. The van der Waals surface area contributed by atoms with Gasteiger partial charge in [0.2, 0.25) is 5.95 Å². The quantitative estimate of drug-likeness (QED) is 0.186. The van der Waals surface area contributed by atoms with E-state index in [1.54, 1.807) is 47.4 Å². The van der Waals surface area contributed by atoms with Crippen molar-refractivity contribution in [1.29, 1.82) is 5.26 Å². The second kappa shape index (κ2) is 13.2. The fraction of sp³-hybridized carbons (Fsp3) is 0.235. The van der Waals surface area contributed by atoms with Crippen molar-refractivity contribution in [3.05, 3.63) is 103 Å². The zero-order chi connectivity index (χ0) is 34.8. The smallest absolute Gasteiger partial charge is 0.379 e. The van der Waals surface area contributed by atoms with E-state index in [1.807, 2.05) is 55.7 Å². The highest BCUT2D eigenvalue weighted by Gasteiger charge is 2.62. The number of hydrogen-bond acceptors (Lipinski definition) is 9. The molecule has 0 saturated carbocycles. The maximum absolute atomic E-state index is 13.7. The van der Waals surface area contributed by atoms with Crippen molar-refractivity contribution < 1.29 is 23.1 Å². The van der Waals surface area contributed by atoms with E-state index in [-0.39, 0.29) is 30.4 Å². The summed E-state index contributed by atoms with van der Waals surface area (Å²) in [6.07, 6.45) is 1.05. The molecule has 1 saturated heterocycles. The molecule has 2 aromatic carbocycles. The lowest BCUT2D eigenvalue weighted by Crippen LogP contribution is -2.53. The van der Waals surface area contributed by atoms with Crippen molar-refractivity contribution in [3.63, 3.8) is 0 Å². The monoisotopic (exact) mass is 668 g/mol. The summed E-state index contributed by atoms with van der Waals surface area (Å²) in [7, 11) is 1.82. The largest absolute Gasteiger partial charge is 0.419 e. The summed E-state index contributed by atoms with van der Waals surface area (Å²) in [5, 5.41) is 30.2. The number of benzene rings is 2. The number of urea groups is 1. The first kappa shape index (κ1) is 32.9. The number of halogens is 3. The molecule has 15 heteroatoms. The Morgan fingerprint density at radius 3 is 2.43 bits per heavy atom. The van der Waals surface area contributed by atoms with Crippen LogP contribution in [0.4, 0.5) is 46.9 Å². The summed E-state index contributed by atoms with van der Waals surface area (Å²) in [5.74, 6) is 0.380. The number of aryl methyl sites for hydroxylation is 1. The second-order valence-corrected chi connectivity index (χ2v) is 11.5. The van der Waals surface area contributed by atoms with Gasteiger partial charge in [-0.05, 0) is 48.9 Å². The summed E-state index contributed by atoms with van der Waals surface area (Å²) >= 11 is 0. The van der Waals surface area contributed by atoms with Crippen LogP contribution >= 0.6 is 0 Å². The van der Waals surface area contributed by atoms with Crippen molar-refractivity contribution in [2.75, 3.05) is 21.7 Å². The van der Waals surface area contributed by atoms with Gasteiger partial charge in [0.15, 0.2) is 11.4 Å². The molecule has 0 radical (unpaired) electrons. The molecule has 12 nitrogen and oxygen atoms in total. The van der Waals surface area contributed by atoms with Crippen LogP contribution in [0.15, 0.2) is 91.5 Å². The van der Waals surface area contributed by atoms with Crippen molar-refractivity contribution in [2.45, 2.75) is 37.7 Å². The van der Waals surface area contributed by atoms with Gasteiger partial charge in [-0.3, -0.25) is 4.68 Å². The Morgan fingerprint density at radius 1 is 1.06 bits per heavy atom. The number of nitrogens with zero attached hydrogens (tertiary/aromatic N) is 8. The summed E-state index contributed by atoms with van der Waals surface area (Å²) in [6, 6.07) is 19.9. The molecule has 2 atom stereocenters. The molecule has 1 fully saturated rings. The molecule has 4 heterocycles. The minimum Gasteiger partial charge on any atom is -0.379 e. The Labute approximate surface area is 279 Å². The van der Waals surface area contributed by atoms with E-state index in [9.17, 15) is 28.3 Å². The molecular formula is C34H31F3N10O2. The molecule has 49 heavy (non-hydrogen) atoms. The Hall–Kier alpha value is -6.01. The number of anilines is 5. The third kappa shape index (κ3) is 6.72. The Bertz CT molecular complexity index is 1980. The minimum atomic E-state index is -4.85. The predicted octanol–water partition coefficient (Wildman–Crippen LogP) is 5.83. The van der Waals surface area contributed by atoms with Gasteiger partial charge in [0.1, 0.15) is 17.5 Å². The summed E-state index contributed by atoms with van der Waals surface area (Å²) in [5.41, 5.74) is 0.652. The molecule has 2 amide bonds. The lowest BCUT2D eigenvalue weighted by atomic mass is 9.95. The van der Waals surface area contributed by atoms with Gasteiger partial charge in [-0.25, -0.2) is 19.7 Å². The highest BCUT2D eigenvalue weighted by Crippen LogP contribution is 2.44. The predicted molar refractivity (Wildman–Crippen MR) is 176 cm³/mol. The fourth-order valence-electron chi connectivity index (χ4n) is 5.64. The number of amides is 2. The van der Waals surface area contributed by atoms with E-state index in [2.05, 4.69) is 30.7 Å². The van der Waals surface area contributed by atoms with Crippen LogP contribution in [0.5, 0.6) is 0 Å². The van der Waals surface area contributed by atoms with Crippen molar-refractivity contribution in [1.82, 2.24) is 30.0 Å². The Balaban J connectivity index is 1.25. The third-order valence-electron chi connectivity index (χ3n) is 8.43. The highest BCUT2D eigenvalue weighted by atomic mass is 19.4. The average Bonchev–Trinajstić information content (AvgIpc) is 3.68. The number of pyridine rings is 1. The average molecular weight is 669 g/mol. The van der Waals surface area contributed by atoms with Gasteiger partial charge < -0.3 is 20.6 Å². The van der Waals surface area contributed by atoms with Gasteiger partial charge in [0.25, 0.3) is 0 Å². The maximum Gasteiger partial charge on any atom is 0.419 e. The molecule has 250 valence electrons. The van der Waals surface area contributed by atoms with Crippen LogP contribution in [0.2, 0.25) is 0 Å². The van der Waals surface area contributed by atoms with E-state index in [0.717, 1.165) is 16.7 Å². The SMILES string of the molecule is C[C@@H]1N(c2nc(Nc3ccc(N(C(=O)NCc4ccccc4)c4ccc(-c5cnn(C)c5)cn4)cc3)ncc2C#N)CC[C@@]1(O)C(F)(F)F. The van der Waals surface area contributed by atoms with E-state index < -0.39 is 30.3 Å². The minimum absolute atomic E-state index is 0.0219. The van der Waals surface area contributed by atoms with Crippen LogP contribution in [0.1, 0.15) is 24.5 Å². The number of alkyl halides is 3. The zero-order valence-corrected chi connectivity index (χ0v) is 26.4. The van der Waals surface area contributed by atoms with Gasteiger partial charge in [-0.15, -0.1) is 0 Å². The van der Waals surface area contributed by atoms with Crippen LogP contribution in [0, 0.1) is 11.3 Å². The van der Waals surface area contributed by atoms with Crippen molar-refractivity contribution in [2.24, 2.45) is 7.05 Å². The standard InChI is InChI=1S/C34H31F3N10O2/c1-22-33(49,34(35,36)37)14-15-46(22)30-25(16-38)19-40-31(44-30)43-27-9-11-28(12-10-27)47(32(48)41-17-23-6-4-3-5-7-23)29-13-8-24(18-39-29)26-20-42-45(2)21-26/h3-13,18-22,49H,14-15,17H2,1-2H3,(H,41,48)(H,40,43,44)/t22-,33-/m0/s1. The van der Waals surface area contributed by atoms with Gasteiger partial charge in [0, 0.05) is 55.8 Å². The first-order chi connectivity index (χ1) is 23.5. The van der Waals surface area contributed by atoms with Crippen LogP contribution in [-0.2, 0) is 13.6 Å². The number of rotatable bonds is 8. The number of aromatic nitrogens is 5. The van der Waals surface area contributed by atoms with Crippen LogP contribution < -0.4 is 20.4 Å². The molecule has 1 aliphatic rings. The third-order valence-corrected chi connectivity index (χ3v) is 8.43. The van der Waals surface area contributed by atoms with E-state index in [0.29, 0.717) is 17.2 Å². The summed E-state index contributed by atoms with van der Waals surface area (Å²) in [4.78, 5) is 29.4. The van der Waals surface area contributed by atoms with Gasteiger partial charge in [-0.2, -0.15) is 28.5 Å². The first-order valence-electron chi connectivity index (χ1n) is 15.2. The fourth-order valence-corrected chi connectivity index (χ4v) is 5.64. The molecule has 3 N–H and O–H groups in total. The van der Waals surface area contributed by atoms with Crippen molar-refractivity contribution in [3.8, 4) is 17.2 Å². The highest BCUT2D eigenvalue weighted by molar-refractivity contribution is 5.98. The number of hydrogen-bond donors (Lipinski definition) is 3. The Morgan fingerprint density at radius 2 is 1.82 bits per heavy atom. The molecule has 5 aromatic rings. The van der Waals surface area contributed by atoms with Crippen LogP contribution in [0.3, 0.4) is 0 Å². The molecule has 6 rings (SSSR count). The molecule has 0 unspecified atom stereocenters. The first-order valence-corrected chi connectivity index (χ1v) is 15.2. The topological polar surface area (TPSA) is 148 Å². The van der Waals surface area contributed by atoms with Gasteiger partial charge >= 0.3 is 12.2 Å². The van der Waals surface area contributed by atoms with E-state index >= 15 is 0 Å². The molecule has 0 bridgehead atoms. The van der Waals surface area contributed by atoms with Crippen molar-refractivity contribution >= 4 is 35.0 Å². The molecule has 0 aliphatic carbocycles. The number of carbonyl (C=O) groups is 1. The zero-order valence-electron chi connectivity index (χ0n) is 26.4. The van der Waals surface area contributed by atoms with Crippen LogP contribution in [-0.4, -0.2) is 60.2 Å². The Kier molecular flexibility index (Phi) is 8.89. The van der Waals surface area contributed by atoms with E-state index in [4.69, 9.17) is 0 Å². The number of nitriles is 1. The number of nitrogens with one attached hydrogen (secondary N) is 2. The summed E-state index contributed by atoms with van der Waals surface area (Å²) < 4.78 is 42.7. The summed E-state index contributed by atoms with van der Waals surface area (Å²) in [6.45, 7) is 1.38. The molecule has 1 aliphatic heterocycles. The lowest BCUT2D eigenvalue weighted by molar-refractivity contribution is -0.260. The molecule has 3 aromatic heterocycles. The number of carbonyl (C=O) groups excluding carboxylic acids is 1. The van der Waals surface area contributed by atoms with Gasteiger partial charge in [0.05, 0.1) is 24.1 Å². The second-order valence-electron chi connectivity index (χ2n) is 11.5. The molecular weight excluding hydrogens is 637 g/mol. The van der Waals surface area contributed by atoms with Crippen LogP contribution in [0.25, 0.3) is 11.1 Å².